The highest BCUT2D eigenvalue weighted by Gasteiger charge is 2.65. The molecule has 3 fully saturated rings. The van der Waals surface area contributed by atoms with E-state index >= 15 is 0 Å². The van der Waals surface area contributed by atoms with E-state index in [0.29, 0.717) is 0 Å². The van der Waals surface area contributed by atoms with Gasteiger partial charge in [-0.2, -0.15) is 0 Å². The lowest BCUT2D eigenvalue weighted by molar-refractivity contribution is 0.491. The van der Waals surface area contributed by atoms with Gasteiger partial charge < -0.3 is 0 Å². The van der Waals surface area contributed by atoms with Gasteiger partial charge >= 0.3 is 0 Å². The summed E-state index contributed by atoms with van der Waals surface area (Å²) in [5.74, 6) is 6.40. The number of rotatable bonds is 0. The maximum atomic E-state index is 2.40. The molecular weight excluding hydrogens is 108 g/mol. The fourth-order valence-corrected chi connectivity index (χ4v) is 2.80. The van der Waals surface area contributed by atoms with Crippen LogP contribution in [-0.4, -0.2) is 0 Å². The molecule has 0 radical (unpaired) electrons. The molecule has 48 valence electrons. The molecule has 0 aromatic heterocycles. The van der Waals surface area contributed by atoms with Crippen molar-refractivity contribution in [2.24, 2.45) is 23.7 Å². The van der Waals surface area contributed by atoms with E-state index in [4.69, 9.17) is 0 Å². The van der Waals surface area contributed by atoms with E-state index < -0.39 is 0 Å². The topological polar surface area (TPSA) is 0 Å². The Morgan fingerprint density at radius 3 is 2.11 bits per heavy atom. The smallest absolute Gasteiger partial charge is 0.0385 e. The predicted molar refractivity (Wildman–Crippen MR) is 36.7 cm³/mol. The molecule has 4 atom stereocenters. The van der Waals surface area contributed by atoms with Gasteiger partial charge in [0.05, 0.1) is 12.8 Å². The van der Waals surface area contributed by atoms with Gasteiger partial charge in [-0.05, 0) is 19.3 Å². The van der Waals surface area contributed by atoms with Gasteiger partial charge in [0, 0.05) is 11.8 Å². The van der Waals surface area contributed by atoms with Crippen molar-refractivity contribution in [1.29, 1.82) is 0 Å². The van der Waals surface area contributed by atoms with Gasteiger partial charge in [-0.3, -0.25) is 0 Å². The normalized spacial score (nSPS) is 60.3. The van der Waals surface area contributed by atoms with Crippen LogP contribution in [0.25, 0.3) is 0 Å². The third kappa shape index (κ3) is 0.476. The number of hydrogen-bond donors (Lipinski definition) is 0. The lowest BCUT2D eigenvalue weighted by atomic mass is 9.91. The molecule has 3 rings (SSSR count). The summed E-state index contributed by atoms with van der Waals surface area (Å²) in [6, 6.07) is 0. The summed E-state index contributed by atoms with van der Waals surface area (Å²) < 4.78 is 0. The van der Waals surface area contributed by atoms with Gasteiger partial charge in [0.2, 0.25) is 0 Å². The van der Waals surface area contributed by atoms with Crippen LogP contribution < -0.4 is 0 Å². The minimum absolute atomic E-state index is 1.11. The van der Waals surface area contributed by atoms with Crippen molar-refractivity contribution in [1.82, 2.24) is 0 Å². The molecule has 0 amide bonds. The first-order valence-corrected chi connectivity index (χ1v) is 4.19. The van der Waals surface area contributed by atoms with Crippen LogP contribution in [0.2, 0.25) is 0 Å². The minimum atomic E-state index is 1.11. The average molecular weight is 121 g/mol. The van der Waals surface area contributed by atoms with Gasteiger partial charge in [-0.25, -0.2) is 0 Å². The molecule has 3 aliphatic rings. The number of fused-ring (bicyclic) bond motifs is 2. The summed E-state index contributed by atoms with van der Waals surface area (Å²) in [5.41, 5.74) is 0. The van der Waals surface area contributed by atoms with Crippen molar-refractivity contribution in [2.75, 3.05) is 0 Å². The Bertz CT molecular complexity index is 134. The molecular formula is C9H13+. The van der Waals surface area contributed by atoms with Crippen LogP contribution in [0.15, 0.2) is 0 Å². The van der Waals surface area contributed by atoms with E-state index in [9.17, 15) is 0 Å². The van der Waals surface area contributed by atoms with Gasteiger partial charge in [-0.1, -0.05) is 0 Å². The van der Waals surface area contributed by atoms with Crippen LogP contribution in [0.3, 0.4) is 0 Å². The summed E-state index contributed by atoms with van der Waals surface area (Å²) in [6.07, 6.45) is 4.70. The first-order valence-electron chi connectivity index (χ1n) is 4.19. The Morgan fingerprint density at radius 2 is 1.56 bits per heavy atom. The van der Waals surface area contributed by atoms with Crippen molar-refractivity contribution >= 4 is 0 Å². The molecule has 0 saturated heterocycles. The lowest BCUT2D eigenvalue weighted by Crippen LogP contribution is -2.06. The first kappa shape index (κ1) is 4.65. The van der Waals surface area contributed by atoms with Crippen LogP contribution >= 0.6 is 0 Å². The molecule has 0 heterocycles. The second-order valence-electron chi connectivity index (χ2n) is 4.18. The zero-order chi connectivity index (χ0) is 6.01. The highest BCUT2D eigenvalue weighted by atomic mass is 14.6. The Labute approximate surface area is 56.6 Å². The number of hydrogen-bond acceptors (Lipinski definition) is 0. The standard InChI is InChI=1S/C9H13/c1-5-8-3-6(8)2-7-4-9(5)7/h6-9H,2-4H2,1H3/q+1/t6-,7+,8+,9-. The molecule has 0 unspecified atom stereocenters. The van der Waals surface area contributed by atoms with Crippen LogP contribution in [0.1, 0.15) is 26.2 Å². The summed E-state index contributed by atoms with van der Waals surface area (Å²) >= 11 is 0. The molecule has 3 saturated carbocycles. The van der Waals surface area contributed by atoms with Crippen LogP contribution in [-0.2, 0) is 0 Å². The third-order valence-corrected chi connectivity index (χ3v) is 3.62. The zero-order valence-electron chi connectivity index (χ0n) is 5.93. The van der Waals surface area contributed by atoms with Crippen LogP contribution in [0, 0.1) is 29.6 Å². The van der Waals surface area contributed by atoms with E-state index in [2.05, 4.69) is 6.92 Å². The Kier molecular flexibility index (Phi) is 0.601. The monoisotopic (exact) mass is 121 g/mol. The molecule has 9 heavy (non-hydrogen) atoms. The Balaban J connectivity index is 1.87. The molecule has 0 N–H and O–H groups in total. The van der Waals surface area contributed by atoms with Crippen molar-refractivity contribution in [2.45, 2.75) is 26.2 Å². The second-order valence-corrected chi connectivity index (χ2v) is 4.18. The molecule has 0 nitrogen and oxygen atoms in total. The quantitative estimate of drug-likeness (QED) is 0.431. The van der Waals surface area contributed by atoms with Crippen LogP contribution in [0.4, 0.5) is 0 Å². The van der Waals surface area contributed by atoms with E-state index in [1.165, 1.54) is 0 Å². The predicted octanol–water partition coefficient (Wildman–Crippen LogP) is 2.26. The van der Waals surface area contributed by atoms with Crippen molar-refractivity contribution in [3.05, 3.63) is 5.92 Å². The second kappa shape index (κ2) is 1.16. The van der Waals surface area contributed by atoms with Gasteiger partial charge in [0.1, 0.15) is 11.8 Å². The highest BCUT2D eigenvalue weighted by molar-refractivity contribution is 5.20. The van der Waals surface area contributed by atoms with E-state index in [0.717, 1.165) is 23.7 Å². The maximum Gasteiger partial charge on any atom is 0.104 e. The van der Waals surface area contributed by atoms with Gasteiger partial charge in [0.25, 0.3) is 0 Å². The first-order chi connectivity index (χ1) is 4.36. The molecule has 0 spiro atoms. The molecule has 3 aliphatic carbocycles. The molecule has 0 aliphatic heterocycles. The van der Waals surface area contributed by atoms with Crippen LogP contribution in [0.5, 0.6) is 0 Å². The fraction of sp³-hybridized carbons (Fsp3) is 0.889. The van der Waals surface area contributed by atoms with Crippen molar-refractivity contribution in [3.8, 4) is 0 Å². The zero-order valence-corrected chi connectivity index (χ0v) is 5.93. The van der Waals surface area contributed by atoms with Gasteiger partial charge in [0.15, 0.2) is 0 Å². The summed E-state index contributed by atoms with van der Waals surface area (Å²) in [5, 5.41) is 0. The lowest BCUT2D eigenvalue weighted by Gasteiger charge is -2.04. The largest absolute Gasteiger partial charge is 0.104 e. The molecule has 0 aromatic carbocycles. The molecule has 0 bridgehead atoms. The van der Waals surface area contributed by atoms with E-state index in [1.807, 2.05) is 5.92 Å². The molecule has 0 aromatic rings. The Morgan fingerprint density at radius 1 is 1.00 bits per heavy atom. The molecule has 0 heteroatoms. The summed E-state index contributed by atoms with van der Waals surface area (Å²) in [6.45, 7) is 2.40. The highest BCUT2D eigenvalue weighted by Crippen LogP contribution is 2.66. The maximum absolute atomic E-state index is 2.40. The third-order valence-electron chi connectivity index (χ3n) is 3.62. The summed E-state index contributed by atoms with van der Waals surface area (Å²) in [7, 11) is 0. The average Bonchev–Trinajstić information content (AvgIpc) is 2.57. The van der Waals surface area contributed by atoms with E-state index in [-0.39, 0.29) is 0 Å². The Hall–Kier alpha value is -0.130. The SMILES string of the molecule is C[C+]1[C@H]2C[C@@H]2C[C@@H]2C[C@@H]12. The van der Waals surface area contributed by atoms with Gasteiger partial charge in [-0.15, -0.1) is 0 Å². The summed E-state index contributed by atoms with van der Waals surface area (Å²) in [4.78, 5) is 0. The van der Waals surface area contributed by atoms with E-state index in [1.54, 1.807) is 19.3 Å². The fourth-order valence-electron chi connectivity index (χ4n) is 2.80. The minimum Gasteiger partial charge on any atom is -0.0385 e. The van der Waals surface area contributed by atoms with Crippen molar-refractivity contribution in [3.63, 3.8) is 0 Å². The van der Waals surface area contributed by atoms with Crippen molar-refractivity contribution < 1.29 is 0 Å².